The minimum atomic E-state index is -0.987. The van der Waals surface area contributed by atoms with Crippen LogP contribution in [-0.2, 0) is 4.79 Å². The van der Waals surface area contributed by atoms with Crippen molar-refractivity contribution in [3.63, 3.8) is 0 Å². The van der Waals surface area contributed by atoms with Crippen LogP contribution in [0.3, 0.4) is 0 Å². The molecule has 3 aromatic rings. The Kier molecular flexibility index (Phi) is 3.76. The summed E-state index contributed by atoms with van der Waals surface area (Å²) in [7, 11) is 0. The third-order valence-electron chi connectivity index (χ3n) is 4.73. The monoisotopic (exact) mass is 391 g/mol. The van der Waals surface area contributed by atoms with Crippen LogP contribution in [0.2, 0.25) is 0 Å². The molecule has 5 rings (SSSR count). The molecule has 28 heavy (non-hydrogen) atoms. The first-order valence-corrected chi connectivity index (χ1v) is 9.38. The molecule has 0 fully saturated rings. The highest BCUT2D eigenvalue weighted by Gasteiger charge is 2.47. The average Bonchev–Trinajstić information content (AvgIpc) is 3.09. The predicted molar refractivity (Wildman–Crippen MR) is 102 cm³/mol. The fraction of sp³-hybridized carbons (Fsp3) is 0.105. The zero-order valence-electron chi connectivity index (χ0n) is 14.3. The summed E-state index contributed by atoms with van der Waals surface area (Å²) in [5.41, 5.74) is 3.06. The highest BCUT2D eigenvalue weighted by atomic mass is 32.2. The number of carbonyl (C=O) groups is 2. The summed E-state index contributed by atoms with van der Waals surface area (Å²) in [5.74, 6) is -0.631. The van der Waals surface area contributed by atoms with Crippen molar-refractivity contribution >= 4 is 35.3 Å². The van der Waals surface area contributed by atoms with Crippen LogP contribution in [0.5, 0.6) is 0 Å². The minimum absolute atomic E-state index is 0.356. The maximum Gasteiger partial charge on any atom is 0.328 e. The van der Waals surface area contributed by atoms with Gasteiger partial charge in [-0.15, -0.1) is 5.10 Å². The van der Waals surface area contributed by atoms with Crippen LogP contribution in [-0.4, -0.2) is 37.5 Å². The van der Waals surface area contributed by atoms with Crippen LogP contribution in [0.4, 0.5) is 16.3 Å². The van der Waals surface area contributed by atoms with Gasteiger partial charge in [0.15, 0.2) is 5.82 Å². The number of hydrogen-bond donors (Lipinski definition) is 2. The number of nitrogens with zero attached hydrogens (tertiary/aromatic N) is 4. The van der Waals surface area contributed by atoms with Crippen molar-refractivity contribution in [1.82, 2.24) is 20.5 Å². The SMILES string of the molecule is O=C(O)C1Sc2nccc3c2C1NC(=O)N3c1cc(-c2ccccc2)cnn1. The number of benzene rings is 1. The van der Waals surface area contributed by atoms with E-state index in [1.165, 1.54) is 4.90 Å². The van der Waals surface area contributed by atoms with E-state index < -0.39 is 23.3 Å². The molecule has 1 aromatic carbocycles. The Morgan fingerprint density at radius 3 is 2.79 bits per heavy atom. The van der Waals surface area contributed by atoms with Crippen molar-refractivity contribution in [2.45, 2.75) is 16.3 Å². The van der Waals surface area contributed by atoms with Crippen LogP contribution < -0.4 is 10.2 Å². The first kappa shape index (κ1) is 16.7. The summed E-state index contributed by atoms with van der Waals surface area (Å²) in [6.07, 6.45) is 3.21. The Balaban J connectivity index is 1.62. The van der Waals surface area contributed by atoms with Crippen LogP contribution in [0.15, 0.2) is 59.9 Å². The van der Waals surface area contributed by atoms with Gasteiger partial charge in [0.25, 0.3) is 0 Å². The molecule has 2 aliphatic rings. The third-order valence-corrected chi connectivity index (χ3v) is 6.00. The first-order valence-electron chi connectivity index (χ1n) is 8.50. The molecule has 2 aromatic heterocycles. The molecule has 2 N–H and O–H groups in total. The number of nitrogens with one attached hydrogen (secondary N) is 1. The molecule has 9 heteroatoms. The third kappa shape index (κ3) is 2.51. The fourth-order valence-electron chi connectivity index (χ4n) is 3.49. The number of carbonyl (C=O) groups excluding carboxylic acids is 1. The first-order chi connectivity index (χ1) is 13.6. The van der Waals surface area contributed by atoms with Gasteiger partial charge in [0.1, 0.15) is 10.3 Å². The summed E-state index contributed by atoms with van der Waals surface area (Å²) in [4.78, 5) is 30.2. The van der Waals surface area contributed by atoms with Gasteiger partial charge in [-0.3, -0.25) is 4.79 Å². The number of aromatic nitrogens is 3. The van der Waals surface area contributed by atoms with Crippen molar-refractivity contribution in [3.05, 3.63) is 60.4 Å². The molecule has 2 aliphatic heterocycles. The van der Waals surface area contributed by atoms with Crippen LogP contribution in [0.25, 0.3) is 11.1 Å². The Bertz CT molecular complexity index is 1110. The second kappa shape index (κ2) is 6.31. The highest BCUT2D eigenvalue weighted by molar-refractivity contribution is 8.00. The molecular formula is C19H13N5O3S. The van der Waals surface area contributed by atoms with Crippen molar-refractivity contribution in [1.29, 1.82) is 0 Å². The van der Waals surface area contributed by atoms with E-state index in [2.05, 4.69) is 20.5 Å². The fourth-order valence-corrected chi connectivity index (χ4v) is 4.66. The number of rotatable bonds is 3. The number of aliphatic carboxylic acids is 1. The molecule has 2 amide bonds. The van der Waals surface area contributed by atoms with Crippen molar-refractivity contribution in [2.24, 2.45) is 0 Å². The number of carboxylic acids is 1. The lowest BCUT2D eigenvalue weighted by Gasteiger charge is -2.32. The van der Waals surface area contributed by atoms with E-state index >= 15 is 0 Å². The van der Waals surface area contributed by atoms with E-state index in [1.54, 1.807) is 24.5 Å². The second-order valence-electron chi connectivity index (χ2n) is 6.36. The van der Waals surface area contributed by atoms with Gasteiger partial charge in [-0.05, 0) is 17.7 Å². The molecule has 0 aliphatic carbocycles. The smallest absolute Gasteiger partial charge is 0.328 e. The standard InChI is InChI=1S/C19H13N5O3S/c25-18(26)16-15-14-12(6-7-20-17(14)28-16)24(19(27)22-15)13-8-11(9-21-23-13)10-4-2-1-3-5-10/h1-9,15-16H,(H,22,27)(H,25,26). The van der Waals surface area contributed by atoms with E-state index in [9.17, 15) is 14.7 Å². The van der Waals surface area contributed by atoms with E-state index in [4.69, 9.17) is 0 Å². The Labute approximate surface area is 163 Å². The zero-order chi connectivity index (χ0) is 19.3. The van der Waals surface area contributed by atoms with Gasteiger partial charge in [-0.1, -0.05) is 42.1 Å². The van der Waals surface area contributed by atoms with Gasteiger partial charge < -0.3 is 10.4 Å². The quantitative estimate of drug-likeness (QED) is 0.706. The maximum absolute atomic E-state index is 12.9. The van der Waals surface area contributed by atoms with E-state index in [0.29, 0.717) is 22.1 Å². The molecule has 0 spiro atoms. The minimum Gasteiger partial charge on any atom is -0.480 e. The molecule has 0 bridgehead atoms. The molecule has 2 unspecified atom stereocenters. The number of pyridine rings is 1. The number of amides is 2. The normalized spacial score (nSPS) is 19.9. The number of anilines is 2. The van der Waals surface area contributed by atoms with Gasteiger partial charge >= 0.3 is 12.0 Å². The Morgan fingerprint density at radius 2 is 2.00 bits per heavy atom. The second-order valence-corrected chi connectivity index (χ2v) is 7.49. The summed E-state index contributed by atoms with van der Waals surface area (Å²) in [6.45, 7) is 0. The van der Waals surface area contributed by atoms with E-state index in [0.717, 1.165) is 22.9 Å². The highest BCUT2D eigenvalue weighted by Crippen LogP contribution is 2.50. The van der Waals surface area contributed by atoms with Crippen LogP contribution in [0.1, 0.15) is 11.6 Å². The maximum atomic E-state index is 12.9. The summed E-state index contributed by atoms with van der Waals surface area (Å²) < 4.78 is 0. The van der Waals surface area contributed by atoms with Gasteiger partial charge in [0.05, 0.1) is 17.9 Å². The molecule has 0 radical (unpaired) electrons. The lowest BCUT2D eigenvalue weighted by Crippen LogP contribution is -2.47. The predicted octanol–water partition coefficient (Wildman–Crippen LogP) is 3.00. The molecule has 138 valence electrons. The van der Waals surface area contributed by atoms with Gasteiger partial charge in [-0.25, -0.2) is 14.7 Å². The Morgan fingerprint density at radius 1 is 1.18 bits per heavy atom. The molecule has 0 saturated carbocycles. The van der Waals surface area contributed by atoms with Gasteiger partial charge in [-0.2, -0.15) is 5.10 Å². The number of carboxylic acid groups (broad SMARTS) is 1. The zero-order valence-corrected chi connectivity index (χ0v) is 15.1. The van der Waals surface area contributed by atoms with E-state index in [-0.39, 0.29) is 0 Å². The molecular weight excluding hydrogens is 378 g/mol. The molecule has 4 heterocycles. The van der Waals surface area contributed by atoms with Gasteiger partial charge in [0.2, 0.25) is 0 Å². The van der Waals surface area contributed by atoms with Gasteiger partial charge in [0, 0.05) is 17.3 Å². The van der Waals surface area contributed by atoms with Crippen LogP contribution >= 0.6 is 11.8 Å². The lowest BCUT2D eigenvalue weighted by molar-refractivity contribution is -0.136. The summed E-state index contributed by atoms with van der Waals surface area (Å²) in [5, 5.41) is 20.3. The molecule has 0 saturated heterocycles. The average molecular weight is 391 g/mol. The number of thioether (sulfide) groups is 1. The number of urea groups is 1. The lowest BCUT2D eigenvalue weighted by atomic mass is 10.0. The van der Waals surface area contributed by atoms with Crippen molar-refractivity contribution in [2.75, 3.05) is 4.90 Å². The number of hydrogen-bond acceptors (Lipinski definition) is 6. The summed E-state index contributed by atoms with van der Waals surface area (Å²) >= 11 is 1.14. The van der Waals surface area contributed by atoms with Crippen molar-refractivity contribution < 1.29 is 14.7 Å². The largest absolute Gasteiger partial charge is 0.480 e. The topological polar surface area (TPSA) is 108 Å². The molecule has 2 atom stereocenters. The van der Waals surface area contributed by atoms with Crippen molar-refractivity contribution in [3.8, 4) is 11.1 Å². The van der Waals surface area contributed by atoms with E-state index in [1.807, 2.05) is 30.3 Å². The van der Waals surface area contributed by atoms with Crippen LogP contribution in [0, 0.1) is 0 Å². The molecule has 8 nitrogen and oxygen atoms in total. The Hall–Kier alpha value is -3.46. The summed E-state index contributed by atoms with van der Waals surface area (Å²) in [6, 6.07) is 12.1.